The summed E-state index contributed by atoms with van der Waals surface area (Å²) in [7, 11) is 0. The number of hydrogen-bond donors (Lipinski definition) is 1. The van der Waals surface area contributed by atoms with Gasteiger partial charge in [-0.3, -0.25) is 19.6 Å². The highest BCUT2D eigenvalue weighted by molar-refractivity contribution is 5.93. The van der Waals surface area contributed by atoms with Crippen LogP contribution in [0.25, 0.3) is 0 Å². The Bertz CT molecular complexity index is 655. The second kappa shape index (κ2) is 5.73. The van der Waals surface area contributed by atoms with Crippen molar-refractivity contribution in [2.24, 2.45) is 5.92 Å². The van der Waals surface area contributed by atoms with Gasteiger partial charge >= 0.3 is 5.69 Å². The van der Waals surface area contributed by atoms with Gasteiger partial charge in [-0.2, -0.15) is 5.10 Å². The van der Waals surface area contributed by atoms with Gasteiger partial charge in [0.05, 0.1) is 17.4 Å². The van der Waals surface area contributed by atoms with Crippen LogP contribution >= 0.6 is 0 Å². The zero-order valence-corrected chi connectivity index (χ0v) is 11.9. The highest BCUT2D eigenvalue weighted by Gasteiger charge is 2.19. The molecule has 0 saturated heterocycles. The SMILES string of the molecule is Cc1noc(C)c1NC(=O)C(C)Cn1cc([N+](=O)[O-])cn1. The molecule has 2 rings (SSSR count). The van der Waals surface area contributed by atoms with Crippen LogP contribution in [0.2, 0.25) is 0 Å². The number of rotatable bonds is 5. The molecule has 21 heavy (non-hydrogen) atoms. The van der Waals surface area contributed by atoms with Gasteiger partial charge in [0.15, 0.2) is 5.76 Å². The van der Waals surface area contributed by atoms with Crippen molar-refractivity contribution in [3.63, 3.8) is 0 Å². The molecule has 1 atom stereocenters. The third-order valence-electron chi connectivity index (χ3n) is 3.02. The molecule has 2 aromatic rings. The number of nitro groups is 1. The minimum Gasteiger partial charge on any atom is -0.359 e. The quantitative estimate of drug-likeness (QED) is 0.662. The molecule has 1 unspecified atom stereocenters. The topological polar surface area (TPSA) is 116 Å². The summed E-state index contributed by atoms with van der Waals surface area (Å²) in [6.07, 6.45) is 2.44. The molecule has 0 saturated carbocycles. The molecule has 2 aromatic heterocycles. The van der Waals surface area contributed by atoms with Gasteiger partial charge < -0.3 is 9.84 Å². The normalized spacial score (nSPS) is 12.1. The van der Waals surface area contributed by atoms with Crippen LogP contribution in [0.5, 0.6) is 0 Å². The van der Waals surface area contributed by atoms with Gasteiger partial charge in [0, 0.05) is 0 Å². The third-order valence-corrected chi connectivity index (χ3v) is 3.02. The molecule has 9 heteroatoms. The molecule has 0 aliphatic heterocycles. The fourth-order valence-electron chi connectivity index (χ4n) is 1.82. The van der Waals surface area contributed by atoms with Crippen molar-refractivity contribution in [1.82, 2.24) is 14.9 Å². The standard InChI is InChI=1S/C12H15N5O4/c1-7(5-16-6-10(4-13-16)17(19)20)12(18)14-11-8(2)15-21-9(11)3/h4,6-7H,5H2,1-3H3,(H,14,18). The van der Waals surface area contributed by atoms with Crippen LogP contribution in [0.3, 0.4) is 0 Å². The van der Waals surface area contributed by atoms with Crippen molar-refractivity contribution in [3.8, 4) is 0 Å². The number of anilines is 1. The molecule has 0 aromatic carbocycles. The molecular formula is C12H15N5O4. The van der Waals surface area contributed by atoms with Crippen LogP contribution in [-0.2, 0) is 11.3 Å². The van der Waals surface area contributed by atoms with E-state index in [1.54, 1.807) is 20.8 Å². The van der Waals surface area contributed by atoms with Crippen LogP contribution in [0, 0.1) is 29.9 Å². The van der Waals surface area contributed by atoms with Gasteiger partial charge in [0.1, 0.15) is 23.8 Å². The van der Waals surface area contributed by atoms with E-state index in [9.17, 15) is 14.9 Å². The van der Waals surface area contributed by atoms with Crippen LogP contribution in [-0.4, -0.2) is 25.8 Å². The molecule has 2 heterocycles. The number of nitrogens with zero attached hydrogens (tertiary/aromatic N) is 4. The molecule has 9 nitrogen and oxygen atoms in total. The number of aromatic nitrogens is 3. The smallest absolute Gasteiger partial charge is 0.306 e. The number of nitrogens with one attached hydrogen (secondary N) is 1. The average molecular weight is 293 g/mol. The van der Waals surface area contributed by atoms with E-state index in [1.807, 2.05) is 0 Å². The molecule has 1 N–H and O–H groups in total. The first-order chi connectivity index (χ1) is 9.88. The number of carbonyl (C=O) groups is 1. The van der Waals surface area contributed by atoms with E-state index < -0.39 is 10.8 Å². The summed E-state index contributed by atoms with van der Waals surface area (Å²) in [5.74, 6) is -0.122. The van der Waals surface area contributed by atoms with E-state index in [1.165, 1.54) is 10.9 Å². The molecule has 0 aliphatic rings. The van der Waals surface area contributed by atoms with Crippen molar-refractivity contribution in [3.05, 3.63) is 34.0 Å². The lowest BCUT2D eigenvalue weighted by atomic mass is 10.1. The zero-order valence-electron chi connectivity index (χ0n) is 11.9. The van der Waals surface area contributed by atoms with E-state index >= 15 is 0 Å². The molecule has 0 radical (unpaired) electrons. The minimum absolute atomic E-state index is 0.103. The van der Waals surface area contributed by atoms with Crippen molar-refractivity contribution in [2.75, 3.05) is 5.32 Å². The summed E-state index contributed by atoms with van der Waals surface area (Å²) >= 11 is 0. The Labute approximate surface area is 120 Å². The highest BCUT2D eigenvalue weighted by Crippen LogP contribution is 2.19. The second-order valence-electron chi connectivity index (χ2n) is 4.77. The summed E-state index contributed by atoms with van der Waals surface area (Å²) in [5.41, 5.74) is 1.05. The molecule has 0 aliphatic carbocycles. The lowest BCUT2D eigenvalue weighted by molar-refractivity contribution is -0.385. The molecule has 0 fully saturated rings. The summed E-state index contributed by atoms with van der Waals surface area (Å²) in [6.45, 7) is 5.38. The fourth-order valence-corrected chi connectivity index (χ4v) is 1.82. The van der Waals surface area contributed by atoms with Gasteiger partial charge in [-0.15, -0.1) is 0 Å². The predicted octanol–water partition coefficient (Wildman–Crippen LogP) is 1.67. The maximum atomic E-state index is 12.1. The number of carbonyl (C=O) groups excluding carboxylic acids is 1. The predicted molar refractivity (Wildman–Crippen MR) is 72.7 cm³/mol. The average Bonchev–Trinajstić information content (AvgIpc) is 3.00. The first-order valence-corrected chi connectivity index (χ1v) is 6.29. The minimum atomic E-state index is -0.530. The highest BCUT2D eigenvalue weighted by atomic mass is 16.6. The summed E-state index contributed by atoms with van der Waals surface area (Å²) < 4.78 is 6.34. The summed E-state index contributed by atoms with van der Waals surface area (Å²) in [5, 5.41) is 20.9. The van der Waals surface area contributed by atoms with Gasteiger partial charge in [-0.05, 0) is 13.8 Å². The maximum Gasteiger partial charge on any atom is 0.306 e. The van der Waals surface area contributed by atoms with Gasteiger partial charge in [-0.1, -0.05) is 12.1 Å². The maximum absolute atomic E-state index is 12.1. The summed E-state index contributed by atoms with van der Waals surface area (Å²) in [4.78, 5) is 22.2. The van der Waals surface area contributed by atoms with Gasteiger partial charge in [0.2, 0.25) is 5.91 Å². The van der Waals surface area contributed by atoms with E-state index in [2.05, 4.69) is 15.6 Å². The molecular weight excluding hydrogens is 278 g/mol. The second-order valence-corrected chi connectivity index (χ2v) is 4.77. The Morgan fingerprint density at radius 2 is 2.29 bits per heavy atom. The Morgan fingerprint density at radius 3 is 2.81 bits per heavy atom. The van der Waals surface area contributed by atoms with Crippen LogP contribution in [0.15, 0.2) is 16.9 Å². The van der Waals surface area contributed by atoms with Crippen LogP contribution in [0.1, 0.15) is 18.4 Å². The van der Waals surface area contributed by atoms with Crippen molar-refractivity contribution >= 4 is 17.3 Å². The summed E-state index contributed by atoms with van der Waals surface area (Å²) in [6, 6.07) is 0. The number of aryl methyl sites for hydroxylation is 2. The molecule has 0 spiro atoms. The molecule has 0 bridgehead atoms. The first-order valence-electron chi connectivity index (χ1n) is 6.29. The zero-order chi connectivity index (χ0) is 15.6. The monoisotopic (exact) mass is 293 g/mol. The Morgan fingerprint density at radius 1 is 1.57 bits per heavy atom. The molecule has 1 amide bonds. The number of hydrogen-bond acceptors (Lipinski definition) is 6. The third kappa shape index (κ3) is 3.25. The van der Waals surface area contributed by atoms with Crippen molar-refractivity contribution < 1.29 is 14.2 Å². The Balaban J connectivity index is 2.00. The van der Waals surface area contributed by atoms with Gasteiger partial charge in [-0.25, -0.2) is 0 Å². The van der Waals surface area contributed by atoms with Crippen molar-refractivity contribution in [1.29, 1.82) is 0 Å². The lowest BCUT2D eigenvalue weighted by Crippen LogP contribution is -2.25. The Hall–Kier alpha value is -2.71. The Kier molecular flexibility index (Phi) is 4.01. The van der Waals surface area contributed by atoms with Crippen LogP contribution in [0.4, 0.5) is 11.4 Å². The van der Waals surface area contributed by atoms with Crippen LogP contribution < -0.4 is 5.32 Å². The molecule has 112 valence electrons. The van der Waals surface area contributed by atoms with Gasteiger partial charge in [0.25, 0.3) is 0 Å². The fraction of sp³-hybridized carbons (Fsp3) is 0.417. The van der Waals surface area contributed by atoms with Crippen molar-refractivity contribution in [2.45, 2.75) is 27.3 Å². The lowest BCUT2D eigenvalue weighted by Gasteiger charge is -2.11. The largest absolute Gasteiger partial charge is 0.359 e. The number of amides is 1. The van der Waals surface area contributed by atoms with E-state index in [0.717, 1.165) is 6.20 Å². The van der Waals surface area contributed by atoms with E-state index in [0.29, 0.717) is 17.1 Å². The van der Waals surface area contributed by atoms with E-state index in [4.69, 9.17) is 4.52 Å². The first kappa shape index (κ1) is 14.7. The van der Waals surface area contributed by atoms with E-state index in [-0.39, 0.29) is 18.1 Å².